The first-order valence-corrected chi connectivity index (χ1v) is 7.59. The summed E-state index contributed by atoms with van der Waals surface area (Å²) in [5, 5.41) is 0. The van der Waals surface area contributed by atoms with Crippen LogP contribution in [-0.2, 0) is 0 Å². The fourth-order valence-electron chi connectivity index (χ4n) is 2.53. The third-order valence-electron chi connectivity index (χ3n) is 3.66. The van der Waals surface area contributed by atoms with Crippen molar-refractivity contribution < 1.29 is 0 Å². The van der Waals surface area contributed by atoms with Gasteiger partial charge in [-0.1, -0.05) is 91.0 Å². The van der Waals surface area contributed by atoms with Gasteiger partial charge in [0.25, 0.3) is 0 Å². The Hall–Kier alpha value is -2.67. The molecule has 1 heteroatoms. The SMILES string of the molecule is C1=CC=C(C(N=Cc2ccccc2)c2ccccc2)CC=C1. The van der Waals surface area contributed by atoms with Crippen molar-refractivity contribution in [1.82, 2.24) is 0 Å². The normalized spacial score (nSPS) is 15.5. The Balaban J connectivity index is 1.93. The third-order valence-corrected chi connectivity index (χ3v) is 3.66. The van der Waals surface area contributed by atoms with Crippen molar-refractivity contribution in [2.75, 3.05) is 0 Å². The monoisotopic (exact) mass is 285 g/mol. The van der Waals surface area contributed by atoms with Gasteiger partial charge in [0.2, 0.25) is 0 Å². The van der Waals surface area contributed by atoms with Crippen LogP contribution in [0.2, 0.25) is 0 Å². The lowest BCUT2D eigenvalue weighted by Gasteiger charge is -2.16. The molecule has 0 aliphatic heterocycles. The van der Waals surface area contributed by atoms with Gasteiger partial charge >= 0.3 is 0 Å². The molecule has 1 aliphatic rings. The highest BCUT2D eigenvalue weighted by molar-refractivity contribution is 5.79. The average Bonchev–Trinajstić information content (AvgIpc) is 2.86. The molecule has 2 aromatic rings. The summed E-state index contributed by atoms with van der Waals surface area (Å²) in [5.41, 5.74) is 3.66. The highest BCUT2D eigenvalue weighted by atomic mass is 14.8. The fourth-order valence-corrected chi connectivity index (χ4v) is 2.53. The van der Waals surface area contributed by atoms with Crippen molar-refractivity contribution in [3.05, 3.63) is 108 Å². The molecular formula is C21H19N. The molecule has 1 aliphatic carbocycles. The van der Waals surface area contributed by atoms with Crippen LogP contribution in [0.15, 0.2) is 102 Å². The summed E-state index contributed by atoms with van der Waals surface area (Å²) in [5.74, 6) is 0. The number of nitrogens with zero attached hydrogens (tertiary/aromatic N) is 1. The molecule has 0 fully saturated rings. The second kappa shape index (κ2) is 7.37. The van der Waals surface area contributed by atoms with E-state index in [4.69, 9.17) is 4.99 Å². The van der Waals surface area contributed by atoms with Gasteiger partial charge in [-0.25, -0.2) is 0 Å². The van der Waals surface area contributed by atoms with E-state index >= 15 is 0 Å². The zero-order chi connectivity index (χ0) is 15.0. The predicted molar refractivity (Wildman–Crippen MR) is 94.2 cm³/mol. The maximum absolute atomic E-state index is 4.87. The van der Waals surface area contributed by atoms with Crippen LogP contribution in [0.25, 0.3) is 0 Å². The van der Waals surface area contributed by atoms with E-state index in [9.17, 15) is 0 Å². The lowest BCUT2D eigenvalue weighted by molar-refractivity contribution is 0.827. The van der Waals surface area contributed by atoms with Gasteiger partial charge in [0.05, 0.1) is 6.04 Å². The number of hydrogen-bond acceptors (Lipinski definition) is 1. The Bertz CT molecular complexity index is 706. The maximum Gasteiger partial charge on any atom is 0.0965 e. The molecule has 1 unspecified atom stereocenters. The van der Waals surface area contributed by atoms with Crippen molar-refractivity contribution in [2.24, 2.45) is 4.99 Å². The minimum absolute atomic E-state index is 0.0637. The van der Waals surface area contributed by atoms with E-state index in [1.165, 1.54) is 11.1 Å². The summed E-state index contributed by atoms with van der Waals surface area (Å²) < 4.78 is 0. The molecule has 0 N–H and O–H groups in total. The molecule has 0 radical (unpaired) electrons. The number of allylic oxidation sites excluding steroid dienone is 5. The van der Waals surface area contributed by atoms with Crippen molar-refractivity contribution in [1.29, 1.82) is 0 Å². The van der Waals surface area contributed by atoms with E-state index in [0.29, 0.717) is 0 Å². The zero-order valence-electron chi connectivity index (χ0n) is 12.5. The van der Waals surface area contributed by atoms with E-state index < -0.39 is 0 Å². The van der Waals surface area contributed by atoms with E-state index in [1.54, 1.807) is 0 Å². The first-order chi connectivity index (χ1) is 10.9. The summed E-state index contributed by atoms with van der Waals surface area (Å²) in [6, 6.07) is 20.8. The largest absolute Gasteiger partial charge is 0.280 e. The molecule has 22 heavy (non-hydrogen) atoms. The first kappa shape index (κ1) is 14.3. The molecular weight excluding hydrogens is 266 g/mol. The Morgan fingerprint density at radius 3 is 2.32 bits per heavy atom. The quantitative estimate of drug-likeness (QED) is 0.677. The second-order valence-electron chi connectivity index (χ2n) is 5.26. The fraction of sp³-hybridized carbons (Fsp3) is 0.0952. The summed E-state index contributed by atoms with van der Waals surface area (Å²) >= 11 is 0. The molecule has 1 atom stereocenters. The van der Waals surface area contributed by atoms with Crippen LogP contribution in [0.1, 0.15) is 23.6 Å². The average molecular weight is 285 g/mol. The van der Waals surface area contributed by atoms with Crippen molar-refractivity contribution in [2.45, 2.75) is 12.5 Å². The van der Waals surface area contributed by atoms with E-state index in [1.807, 2.05) is 30.5 Å². The van der Waals surface area contributed by atoms with Gasteiger partial charge in [-0.05, 0) is 23.1 Å². The van der Waals surface area contributed by atoms with Crippen LogP contribution in [-0.4, -0.2) is 6.21 Å². The number of aliphatic imine (C=N–C) groups is 1. The minimum Gasteiger partial charge on any atom is -0.280 e. The van der Waals surface area contributed by atoms with Crippen LogP contribution >= 0.6 is 0 Å². The Labute approximate surface area is 132 Å². The van der Waals surface area contributed by atoms with Crippen LogP contribution in [0.4, 0.5) is 0 Å². The van der Waals surface area contributed by atoms with Gasteiger partial charge in [0, 0.05) is 6.21 Å². The topological polar surface area (TPSA) is 12.4 Å². The van der Waals surface area contributed by atoms with Crippen molar-refractivity contribution in [3.8, 4) is 0 Å². The molecule has 0 amide bonds. The molecule has 3 rings (SSSR count). The van der Waals surface area contributed by atoms with Crippen LogP contribution in [0, 0.1) is 0 Å². The molecule has 0 saturated carbocycles. The summed E-state index contributed by atoms with van der Waals surface area (Å²) in [6.45, 7) is 0. The Kier molecular flexibility index (Phi) is 4.78. The molecule has 0 heterocycles. The summed E-state index contributed by atoms with van der Waals surface area (Å²) in [7, 11) is 0. The molecule has 0 aromatic heterocycles. The van der Waals surface area contributed by atoms with Gasteiger partial charge in [-0.3, -0.25) is 4.99 Å². The second-order valence-corrected chi connectivity index (χ2v) is 5.26. The highest BCUT2D eigenvalue weighted by Crippen LogP contribution is 2.29. The van der Waals surface area contributed by atoms with Gasteiger partial charge in [-0.15, -0.1) is 0 Å². The summed E-state index contributed by atoms with van der Waals surface area (Å²) in [6.07, 6.45) is 13.5. The van der Waals surface area contributed by atoms with Crippen molar-refractivity contribution in [3.63, 3.8) is 0 Å². The number of benzene rings is 2. The third kappa shape index (κ3) is 3.70. The standard InChI is InChI=1S/C21H19N/c1-2-8-14-19(13-7-1)21(20-15-9-4-10-16-20)22-17-18-11-5-3-6-12-18/h1-13,15-17,21H,14H2. The summed E-state index contributed by atoms with van der Waals surface area (Å²) in [4.78, 5) is 4.87. The number of hydrogen-bond donors (Lipinski definition) is 0. The van der Waals surface area contributed by atoms with E-state index in [0.717, 1.165) is 12.0 Å². The Morgan fingerprint density at radius 2 is 1.55 bits per heavy atom. The van der Waals surface area contributed by atoms with Crippen LogP contribution in [0.3, 0.4) is 0 Å². The van der Waals surface area contributed by atoms with Gasteiger partial charge in [0.15, 0.2) is 0 Å². The minimum atomic E-state index is 0.0637. The van der Waals surface area contributed by atoms with Crippen LogP contribution in [0.5, 0.6) is 0 Å². The zero-order valence-corrected chi connectivity index (χ0v) is 12.5. The van der Waals surface area contributed by atoms with E-state index in [-0.39, 0.29) is 6.04 Å². The predicted octanol–water partition coefficient (Wildman–Crippen LogP) is 5.29. The molecule has 0 bridgehead atoms. The highest BCUT2D eigenvalue weighted by Gasteiger charge is 2.14. The van der Waals surface area contributed by atoms with Gasteiger partial charge in [0.1, 0.15) is 0 Å². The lowest BCUT2D eigenvalue weighted by Crippen LogP contribution is -2.00. The maximum atomic E-state index is 4.87. The molecule has 0 saturated heterocycles. The molecule has 0 spiro atoms. The molecule has 108 valence electrons. The van der Waals surface area contributed by atoms with Gasteiger partial charge in [-0.2, -0.15) is 0 Å². The van der Waals surface area contributed by atoms with E-state index in [2.05, 4.69) is 66.8 Å². The van der Waals surface area contributed by atoms with Crippen LogP contribution < -0.4 is 0 Å². The Morgan fingerprint density at radius 1 is 0.818 bits per heavy atom. The first-order valence-electron chi connectivity index (χ1n) is 7.59. The van der Waals surface area contributed by atoms with Crippen molar-refractivity contribution >= 4 is 6.21 Å². The number of rotatable bonds is 4. The molecule has 2 aromatic carbocycles. The lowest BCUT2D eigenvalue weighted by atomic mass is 9.96. The smallest absolute Gasteiger partial charge is 0.0965 e. The van der Waals surface area contributed by atoms with Gasteiger partial charge < -0.3 is 0 Å². The molecule has 1 nitrogen and oxygen atoms in total.